The van der Waals surface area contributed by atoms with Gasteiger partial charge in [0.1, 0.15) is 5.82 Å². The molecule has 0 saturated heterocycles. The fourth-order valence-electron chi connectivity index (χ4n) is 2.77. The normalized spacial score (nSPS) is 12.4. The maximum absolute atomic E-state index is 13.8. The molecule has 21 heavy (non-hydrogen) atoms. The smallest absolute Gasteiger partial charge is 0.123 e. The van der Waals surface area contributed by atoms with Crippen LogP contribution in [0.25, 0.3) is 0 Å². The molecule has 0 aliphatic rings. The van der Waals surface area contributed by atoms with Gasteiger partial charge in [-0.1, -0.05) is 44.2 Å². The fraction of sp³-hybridized carbons (Fsp3) is 0.368. The molecule has 0 saturated carbocycles. The molecule has 2 aromatic rings. The lowest BCUT2D eigenvalue weighted by Gasteiger charge is -2.22. The highest BCUT2D eigenvalue weighted by atomic mass is 19.1. The summed E-state index contributed by atoms with van der Waals surface area (Å²) in [4.78, 5) is 0. The van der Waals surface area contributed by atoms with Crippen LogP contribution in [0.1, 0.15) is 48.6 Å². The predicted octanol–water partition coefficient (Wildman–Crippen LogP) is 4.79. The lowest BCUT2D eigenvalue weighted by atomic mass is 9.92. The highest BCUT2D eigenvalue weighted by Gasteiger charge is 2.17. The molecule has 0 heterocycles. The third-order valence-corrected chi connectivity index (χ3v) is 3.74. The first kappa shape index (κ1) is 15.7. The first-order valence-corrected chi connectivity index (χ1v) is 7.74. The number of aryl methyl sites for hydroxylation is 2. The molecular formula is C19H24FN. The van der Waals surface area contributed by atoms with E-state index < -0.39 is 0 Å². The summed E-state index contributed by atoms with van der Waals surface area (Å²) in [5.41, 5.74) is 4.52. The van der Waals surface area contributed by atoms with Crippen molar-refractivity contribution in [1.29, 1.82) is 0 Å². The SMILES string of the molecule is CCCNC(c1cc(C)cc(F)c1)c1ccccc1CC. The minimum absolute atomic E-state index is 0.0514. The van der Waals surface area contributed by atoms with E-state index in [1.165, 1.54) is 11.1 Å². The van der Waals surface area contributed by atoms with Crippen molar-refractivity contribution >= 4 is 0 Å². The molecule has 0 bridgehead atoms. The molecule has 1 nitrogen and oxygen atoms in total. The van der Waals surface area contributed by atoms with Crippen LogP contribution < -0.4 is 5.32 Å². The third kappa shape index (κ3) is 3.92. The summed E-state index contributed by atoms with van der Waals surface area (Å²) in [5.74, 6) is -0.165. The molecule has 0 aliphatic carbocycles. The second kappa shape index (κ2) is 7.37. The van der Waals surface area contributed by atoms with Gasteiger partial charge in [0.25, 0.3) is 0 Å². The number of rotatable bonds is 6. The van der Waals surface area contributed by atoms with E-state index in [0.717, 1.165) is 30.5 Å². The van der Waals surface area contributed by atoms with Gasteiger partial charge in [-0.3, -0.25) is 0 Å². The summed E-state index contributed by atoms with van der Waals surface area (Å²) < 4.78 is 13.8. The molecule has 0 amide bonds. The van der Waals surface area contributed by atoms with Gasteiger partial charge < -0.3 is 5.32 Å². The van der Waals surface area contributed by atoms with Crippen molar-refractivity contribution in [2.45, 2.75) is 39.7 Å². The second-order valence-electron chi connectivity index (χ2n) is 5.50. The molecule has 2 heteroatoms. The molecule has 1 N–H and O–H groups in total. The average Bonchev–Trinajstić information content (AvgIpc) is 2.47. The molecule has 2 aromatic carbocycles. The van der Waals surface area contributed by atoms with E-state index in [0.29, 0.717) is 0 Å². The van der Waals surface area contributed by atoms with Crippen LogP contribution >= 0.6 is 0 Å². The molecule has 0 radical (unpaired) electrons. The zero-order valence-corrected chi connectivity index (χ0v) is 13.1. The van der Waals surface area contributed by atoms with Crippen LogP contribution in [-0.4, -0.2) is 6.54 Å². The van der Waals surface area contributed by atoms with Crippen LogP contribution in [0.3, 0.4) is 0 Å². The maximum atomic E-state index is 13.8. The van der Waals surface area contributed by atoms with E-state index in [-0.39, 0.29) is 11.9 Å². The maximum Gasteiger partial charge on any atom is 0.123 e. The Kier molecular flexibility index (Phi) is 5.51. The highest BCUT2D eigenvalue weighted by molar-refractivity contribution is 5.39. The minimum Gasteiger partial charge on any atom is -0.306 e. The Bertz CT molecular complexity index is 572. The van der Waals surface area contributed by atoms with Gasteiger partial charge in [-0.25, -0.2) is 4.39 Å². The Labute approximate surface area is 127 Å². The molecule has 1 unspecified atom stereocenters. The molecular weight excluding hydrogens is 261 g/mol. The zero-order chi connectivity index (χ0) is 15.2. The van der Waals surface area contributed by atoms with Crippen LogP contribution in [-0.2, 0) is 6.42 Å². The first-order chi connectivity index (χ1) is 10.2. The Balaban J connectivity index is 2.46. The van der Waals surface area contributed by atoms with Crippen molar-refractivity contribution in [2.75, 3.05) is 6.54 Å². The Morgan fingerprint density at radius 2 is 1.86 bits per heavy atom. The summed E-state index contributed by atoms with van der Waals surface area (Å²) >= 11 is 0. The van der Waals surface area contributed by atoms with Crippen molar-refractivity contribution in [2.24, 2.45) is 0 Å². The first-order valence-electron chi connectivity index (χ1n) is 7.74. The monoisotopic (exact) mass is 285 g/mol. The third-order valence-electron chi connectivity index (χ3n) is 3.74. The standard InChI is InChI=1S/C19H24FN/c1-4-10-21-19(16-11-14(3)12-17(20)13-16)18-9-7-6-8-15(18)5-2/h6-9,11-13,19,21H,4-5,10H2,1-3H3. The quantitative estimate of drug-likeness (QED) is 0.805. The second-order valence-corrected chi connectivity index (χ2v) is 5.50. The van der Waals surface area contributed by atoms with E-state index in [1.54, 1.807) is 12.1 Å². The Hall–Kier alpha value is -1.67. The highest BCUT2D eigenvalue weighted by Crippen LogP contribution is 2.27. The lowest BCUT2D eigenvalue weighted by Crippen LogP contribution is -2.24. The molecule has 0 spiro atoms. The van der Waals surface area contributed by atoms with E-state index in [4.69, 9.17) is 0 Å². The Morgan fingerprint density at radius 1 is 1.10 bits per heavy atom. The van der Waals surface area contributed by atoms with Crippen LogP contribution in [0.15, 0.2) is 42.5 Å². The molecule has 0 aliphatic heterocycles. The van der Waals surface area contributed by atoms with Gasteiger partial charge in [0.15, 0.2) is 0 Å². The van der Waals surface area contributed by atoms with Gasteiger partial charge in [-0.05, 0) is 60.7 Å². The average molecular weight is 285 g/mol. The Morgan fingerprint density at radius 3 is 2.52 bits per heavy atom. The number of nitrogens with one attached hydrogen (secondary N) is 1. The van der Waals surface area contributed by atoms with Crippen LogP contribution in [0.2, 0.25) is 0 Å². The molecule has 0 fully saturated rings. The van der Waals surface area contributed by atoms with E-state index in [1.807, 2.05) is 6.92 Å². The van der Waals surface area contributed by atoms with Gasteiger partial charge >= 0.3 is 0 Å². The van der Waals surface area contributed by atoms with Crippen molar-refractivity contribution in [3.05, 3.63) is 70.5 Å². The predicted molar refractivity (Wildman–Crippen MR) is 87.1 cm³/mol. The van der Waals surface area contributed by atoms with Gasteiger partial charge in [-0.15, -0.1) is 0 Å². The topological polar surface area (TPSA) is 12.0 Å². The fourth-order valence-corrected chi connectivity index (χ4v) is 2.77. The van der Waals surface area contributed by atoms with E-state index in [9.17, 15) is 4.39 Å². The van der Waals surface area contributed by atoms with Gasteiger partial charge in [0, 0.05) is 0 Å². The van der Waals surface area contributed by atoms with E-state index >= 15 is 0 Å². The number of hydrogen-bond acceptors (Lipinski definition) is 1. The summed E-state index contributed by atoms with van der Waals surface area (Å²) in [6, 6.07) is 13.8. The van der Waals surface area contributed by atoms with Crippen LogP contribution in [0.5, 0.6) is 0 Å². The summed E-state index contributed by atoms with van der Waals surface area (Å²) in [6.45, 7) is 7.16. The van der Waals surface area contributed by atoms with Crippen molar-refractivity contribution in [3.63, 3.8) is 0 Å². The summed E-state index contributed by atoms with van der Waals surface area (Å²) in [5, 5.41) is 3.56. The summed E-state index contributed by atoms with van der Waals surface area (Å²) in [6.07, 6.45) is 2.04. The molecule has 0 aromatic heterocycles. The number of halogens is 1. The minimum atomic E-state index is -0.165. The van der Waals surface area contributed by atoms with Crippen LogP contribution in [0, 0.1) is 12.7 Å². The summed E-state index contributed by atoms with van der Waals surface area (Å²) in [7, 11) is 0. The number of hydrogen-bond donors (Lipinski definition) is 1. The van der Waals surface area contributed by atoms with Crippen LogP contribution in [0.4, 0.5) is 4.39 Å². The van der Waals surface area contributed by atoms with Gasteiger partial charge in [0.05, 0.1) is 6.04 Å². The van der Waals surface area contributed by atoms with Gasteiger partial charge in [0.2, 0.25) is 0 Å². The largest absolute Gasteiger partial charge is 0.306 e. The van der Waals surface area contributed by atoms with Crippen molar-refractivity contribution in [3.8, 4) is 0 Å². The molecule has 1 atom stereocenters. The van der Waals surface area contributed by atoms with Gasteiger partial charge in [-0.2, -0.15) is 0 Å². The van der Waals surface area contributed by atoms with E-state index in [2.05, 4.69) is 49.5 Å². The van der Waals surface area contributed by atoms with Crippen molar-refractivity contribution < 1.29 is 4.39 Å². The zero-order valence-electron chi connectivity index (χ0n) is 13.1. The molecule has 2 rings (SSSR count). The number of benzene rings is 2. The molecule has 112 valence electrons. The van der Waals surface area contributed by atoms with Crippen molar-refractivity contribution in [1.82, 2.24) is 5.32 Å². The lowest BCUT2D eigenvalue weighted by molar-refractivity contribution is 0.582.